The molecule has 4 heteroatoms. The van der Waals surface area contributed by atoms with Gasteiger partial charge in [-0.3, -0.25) is 9.69 Å². The number of nitrogens with one attached hydrogen (secondary N) is 1. The number of piperazine rings is 1. The van der Waals surface area contributed by atoms with E-state index >= 15 is 0 Å². The Morgan fingerprint density at radius 1 is 1.29 bits per heavy atom. The third-order valence-corrected chi connectivity index (χ3v) is 3.63. The summed E-state index contributed by atoms with van der Waals surface area (Å²) in [7, 11) is 0. The first-order valence-corrected chi connectivity index (χ1v) is 6.39. The molecule has 2 fully saturated rings. The summed E-state index contributed by atoms with van der Waals surface area (Å²) < 4.78 is 0. The van der Waals surface area contributed by atoms with E-state index in [1.807, 2.05) is 23.2 Å². The Morgan fingerprint density at radius 3 is 2.65 bits per heavy atom. The maximum atomic E-state index is 11.9. The van der Waals surface area contributed by atoms with Gasteiger partial charge in [-0.05, 0) is 18.9 Å². The molecule has 1 aromatic rings. The van der Waals surface area contributed by atoms with Crippen LogP contribution < -0.4 is 4.90 Å². The Labute approximate surface area is 101 Å². The van der Waals surface area contributed by atoms with Gasteiger partial charge >= 0.3 is 0 Å². The number of rotatable bonds is 2. The van der Waals surface area contributed by atoms with Crippen LogP contribution in [0.25, 0.3) is 0 Å². The van der Waals surface area contributed by atoms with Gasteiger partial charge in [0.2, 0.25) is 11.7 Å². The van der Waals surface area contributed by atoms with Crippen molar-refractivity contribution in [3.8, 4) is 0 Å². The quantitative estimate of drug-likeness (QED) is 0.770. The van der Waals surface area contributed by atoms with Gasteiger partial charge in [-0.2, -0.15) is 0 Å². The number of quaternary nitrogens is 1. The monoisotopic (exact) mass is 232 g/mol. The number of hydrogen-bond acceptors (Lipinski definition) is 2. The lowest BCUT2D eigenvalue weighted by Gasteiger charge is -2.31. The van der Waals surface area contributed by atoms with Crippen LogP contribution in [0, 0.1) is 5.92 Å². The van der Waals surface area contributed by atoms with E-state index in [2.05, 4.69) is 11.1 Å². The van der Waals surface area contributed by atoms with Gasteiger partial charge in [0.1, 0.15) is 13.1 Å². The highest BCUT2D eigenvalue weighted by molar-refractivity contribution is 5.81. The van der Waals surface area contributed by atoms with Crippen LogP contribution in [0.5, 0.6) is 0 Å². The molecule has 17 heavy (non-hydrogen) atoms. The number of aromatic nitrogens is 1. The molecular formula is C13H18N3O+. The minimum absolute atomic E-state index is 0.353. The Morgan fingerprint density at radius 2 is 2.06 bits per heavy atom. The zero-order valence-corrected chi connectivity index (χ0v) is 9.93. The topological polar surface area (TPSA) is 37.6 Å². The molecule has 0 aromatic carbocycles. The Hall–Kier alpha value is -1.42. The van der Waals surface area contributed by atoms with E-state index < -0.39 is 0 Å². The number of nitrogens with zero attached hydrogens (tertiary/aromatic N) is 2. The van der Waals surface area contributed by atoms with Crippen molar-refractivity contribution in [1.82, 2.24) is 9.88 Å². The molecule has 1 N–H and O–H groups in total. The molecule has 90 valence electrons. The molecule has 1 saturated carbocycles. The molecule has 1 aliphatic carbocycles. The van der Waals surface area contributed by atoms with Gasteiger partial charge in [0.25, 0.3) is 0 Å². The minimum atomic E-state index is 0.353. The number of hydrogen-bond donors (Lipinski definition) is 1. The van der Waals surface area contributed by atoms with Crippen LogP contribution in [0.2, 0.25) is 0 Å². The minimum Gasteiger partial charge on any atom is -0.331 e. The smallest absolute Gasteiger partial charge is 0.226 e. The van der Waals surface area contributed by atoms with Gasteiger partial charge in [0, 0.05) is 18.2 Å². The summed E-state index contributed by atoms with van der Waals surface area (Å²) in [5.74, 6) is 1.84. The summed E-state index contributed by atoms with van der Waals surface area (Å²) in [6.45, 7) is 3.72. The van der Waals surface area contributed by atoms with E-state index in [0.717, 1.165) is 44.8 Å². The second-order valence-electron chi connectivity index (χ2n) is 4.92. The van der Waals surface area contributed by atoms with E-state index in [-0.39, 0.29) is 0 Å². The predicted octanol–water partition coefficient (Wildman–Crippen LogP) is -0.150. The maximum Gasteiger partial charge on any atom is 0.226 e. The maximum absolute atomic E-state index is 11.9. The third kappa shape index (κ3) is 2.31. The zero-order valence-electron chi connectivity index (χ0n) is 9.93. The number of carbonyl (C=O) groups is 1. The standard InChI is InChI=1S/C13H17N3O/c17-13(11-4-5-11)16-9-7-15(8-10-16)12-3-1-2-6-14-12/h1-3,6,11H,4-5,7-10H2/p+1. The van der Waals surface area contributed by atoms with Gasteiger partial charge in [-0.1, -0.05) is 6.07 Å². The molecule has 4 nitrogen and oxygen atoms in total. The molecule has 1 amide bonds. The highest BCUT2D eigenvalue weighted by Crippen LogP contribution is 2.30. The molecule has 0 radical (unpaired) electrons. The summed E-state index contributed by atoms with van der Waals surface area (Å²) in [5.41, 5.74) is 0. The van der Waals surface area contributed by atoms with Crippen molar-refractivity contribution < 1.29 is 9.69 Å². The molecule has 3 rings (SSSR count). The molecule has 2 aliphatic rings. The second kappa shape index (κ2) is 4.45. The normalized spacial score (nSPS) is 21.5. The van der Waals surface area contributed by atoms with Gasteiger partial charge in [-0.15, -0.1) is 0 Å². The van der Waals surface area contributed by atoms with Crippen molar-refractivity contribution in [1.29, 1.82) is 0 Å². The Bertz CT molecular complexity index is 394. The van der Waals surface area contributed by atoms with Crippen LogP contribution in [0.1, 0.15) is 12.8 Å². The first-order valence-electron chi connectivity index (χ1n) is 6.39. The number of amides is 1. The first kappa shape index (κ1) is 10.7. The van der Waals surface area contributed by atoms with Gasteiger partial charge < -0.3 is 4.90 Å². The largest absolute Gasteiger partial charge is 0.331 e. The lowest BCUT2D eigenvalue weighted by molar-refractivity contribution is -0.840. The fourth-order valence-electron chi connectivity index (χ4n) is 2.41. The molecule has 0 atom stereocenters. The summed E-state index contributed by atoms with van der Waals surface area (Å²) >= 11 is 0. The first-order chi connectivity index (χ1) is 8.34. The molecule has 0 unspecified atom stereocenters. The van der Waals surface area contributed by atoms with Crippen molar-refractivity contribution in [3.63, 3.8) is 0 Å². The molecule has 1 saturated heterocycles. The van der Waals surface area contributed by atoms with E-state index in [0.29, 0.717) is 11.8 Å². The summed E-state index contributed by atoms with van der Waals surface area (Å²) in [6.07, 6.45) is 4.04. The van der Waals surface area contributed by atoms with Gasteiger partial charge in [0.05, 0.1) is 13.1 Å². The summed E-state index contributed by atoms with van der Waals surface area (Å²) in [5, 5.41) is 0. The van der Waals surface area contributed by atoms with E-state index in [1.165, 1.54) is 4.90 Å². The number of carbonyl (C=O) groups excluding carboxylic acids is 1. The molecule has 1 aromatic heterocycles. The Kier molecular flexibility index (Phi) is 2.81. The van der Waals surface area contributed by atoms with Crippen LogP contribution in [0.15, 0.2) is 24.4 Å². The van der Waals surface area contributed by atoms with E-state index in [1.54, 1.807) is 0 Å². The van der Waals surface area contributed by atoms with Crippen molar-refractivity contribution in [2.45, 2.75) is 12.8 Å². The van der Waals surface area contributed by atoms with Crippen LogP contribution in [0.4, 0.5) is 5.82 Å². The highest BCUT2D eigenvalue weighted by Gasteiger charge is 2.35. The van der Waals surface area contributed by atoms with E-state index in [4.69, 9.17) is 0 Å². The molecule has 2 heterocycles. The highest BCUT2D eigenvalue weighted by atomic mass is 16.2. The molecular weight excluding hydrogens is 214 g/mol. The molecule has 1 aliphatic heterocycles. The van der Waals surface area contributed by atoms with Crippen molar-refractivity contribution in [2.24, 2.45) is 5.92 Å². The Balaban J connectivity index is 1.58. The summed E-state index contributed by atoms with van der Waals surface area (Å²) in [4.78, 5) is 19.7. The van der Waals surface area contributed by atoms with Gasteiger partial charge in [-0.25, -0.2) is 4.98 Å². The third-order valence-electron chi connectivity index (χ3n) is 3.63. The van der Waals surface area contributed by atoms with E-state index in [9.17, 15) is 4.79 Å². The predicted molar refractivity (Wildman–Crippen MR) is 63.9 cm³/mol. The van der Waals surface area contributed by atoms with Crippen molar-refractivity contribution in [2.75, 3.05) is 26.2 Å². The van der Waals surface area contributed by atoms with Crippen molar-refractivity contribution >= 4 is 11.7 Å². The average Bonchev–Trinajstić information content (AvgIpc) is 3.24. The van der Waals surface area contributed by atoms with Crippen molar-refractivity contribution in [3.05, 3.63) is 24.4 Å². The second-order valence-corrected chi connectivity index (χ2v) is 4.92. The lowest BCUT2D eigenvalue weighted by Crippen LogP contribution is -3.10. The molecule has 0 spiro atoms. The van der Waals surface area contributed by atoms with Crippen LogP contribution in [-0.2, 0) is 4.79 Å². The fourth-order valence-corrected chi connectivity index (χ4v) is 2.41. The lowest BCUT2D eigenvalue weighted by atomic mass is 10.2. The number of pyridine rings is 1. The fraction of sp³-hybridized carbons (Fsp3) is 0.538. The zero-order chi connectivity index (χ0) is 11.7. The summed E-state index contributed by atoms with van der Waals surface area (Å²) in [6, 6.07) is 6.03. The van der Waals surface area contributed by atoms with Gasteiger partial charge in [0.15, 0.2) is 0 Å². The van der Waals surface area contributed by atoms with Crippen LogP contribution in [0.3, 0.4) is 0 Å². The van der Waals surface area contributed by atoms with Crippen LogP contribution >= 0.6 is 0 Å². The van der Waals surface area contributed by atoms with Crippen LogP contribution in [-0.4, -0.2) is 42.0 Å². The molecule has 0 bridgehead atoms. The average molecular weight is 232 g/mol. The SMILES string of the molecule is O=C(C1CC1)N1CC[NH+](c2ccccn2)CC1.